The molecular weight excluding hydrogens is 450 g/mol. The van der Waals surface area contributed by atoms with Crippen LogP contribution < -0.4 is 20.5 Å². The van der Waals surface area contributed by atoms with Crippen LogP contribution in [-0.2, 0) is 4.74 Å². The van der Waals surface area contributed by atoms with Crippen molar-refractivity contribution in [3.8, 4) is 11.6 Å². The van der Waals surface area contributed by atoms with Crippen LogP contribution in [0.25, 0.3) is 21.1 Å². The predicted molar refractivity (Wildman–Crippen MR) is 135 cm³/mol. The van der Waals surface area contributed by atoms with Gasteiger partial charge in [0.2, 0.25) is 17.4 Å². The Morgan fingerprint density at radius 3 is 2.68 bits per heavy atom. The quantitative estimate of drug-likeness (QED) is 0.376. The molecule has 2 N–H and O–H groups in total. The summed E-state index contributed by atoms with van der Waals surface area (Å²) in [6, 6.07) is 19.0. The van der Waals surface area contributed by atoms with Crippen molar-refractivity contribution >= 4 is 49.8 Å². The Hall–Kier alpha value is -3.95. The molecule has 4 heterocycles. The molecule has 0 atom stereocenters. The molecule has 0 spiro atoms. The summed E-state index contributed by atoms with van der Waals surface area (Å²) < 4.78 is 12.4. The summed E-state index contributed by atoms with van der Waals surface area (Å²) in [6.07, 6.45) is 0. The van der Waals surface area contributed by atoms with Crippen LogP contribution in [0, 0.1) is 0 Å². The van der Waals surface area contributed by atoms with E-state index in [1.807, 2.05) is 35.7 Å². The van der Waals surface area contributed by atoms with Gasteiger partial charge in [-0.25, -0.2) is 4.98 Å². The summed E-state index contributed by atoms with van der Waals surface area (Å²) in [4.78, 5) is 26.1. The summed E-state index contributed by atoms with van der Waals surface area (Å²) in [5.74, 6) is 1.50. The van der Waals surface area contributed by atoms with Gasteiger partial charge < -0.3 is 24.7 Å². The number of thiophene rings is 1. The highest BCUT2D eigenvalue weighted by Gasteiger charge is 2.14. The van der Waals surface area contributed by atoms with E-state index in [1.165, 1.54) is 23.1 Å². The molecule has 170 valence electrons. The van der Waals surface area contributed by atoms with Gasteiger partial charge in [0.25, 0.3) is 0 Å². The van der Waals surface area contributed by atoms with Crippen molar-refractivity contribution < 1.29 is 9.47 Å². The summed E-state index contributed by atoms with van der Waals surface area (Å²) in [6.45, 7) is 3.30. The van der Waals surface area contributed by atoms with E-state index in [-0.39, 0.29) is 5.56 Å². The van der Waals surface area contributed by atoms with Crippen molar-refractivity contribution in [1.82, 2.24) is 15.0 Å². The normalized spacial score (nSPS) is 13.9. The number of morpholine rings is 1. The Labute approximate surface area is 198 Å². The zero-order valence-corrected chi connectivity index (χ0v) is 19.0. The third-order valence-corrected chi connectivity index (χ3v) is 6.58. The summed E-state index contributed by atoms with van der Waals surface area (Å²) in [7, 11) is 0. The molecular formula is C25H21N5O3S. The van der Waals surface area contributed by atoms with Gasteiger partial charge in [0.05, 0.1) is 24.2 Å². The van der Waals surface area contributed by atoms with E-state index >= 15 is 0 Å². The van der Waals surface area contributed by atoms with Crippen LogP contribution in [0.1, 0.15) is 0 Å². The van der Waals surface area contributed by atoms with Crippen molar-refractivity contribution in [1.29, 1.82) is 0 Å². The van der Waals surface area contributed by atoms with Crippen LogP contribution in [0.4, 0.5) is 17.3 Å². The number of rotatable bonds is 5. The van der Waals surface area contributed by atoms with Crippen molar-refractivity contribution in [3.63, 3.8) is 0 Å². The molecule has 1 aliphatic heterocycles. The van der Waals surface area contributed by atoms with E-state index in [0.717, 1.165) is 47.6 Å². The van der Waals surface area contributed by atoms with Crippen LogP contribution in [0.3, 0.4) is 0 Å². The van der Waals surface area contributed by atoms with Gasteiger partial charge in [0.1, 0.15) is 10.4 Å². The van der Waals surface area contributed by atoms with Crippen molar-refractivity contribution in [3.05, 3.63) is 76.4 Å². The Balaban J connectivity index is 1.27. The summed E-state index contributed by atoms with van der Waals surface area (Å²) >= 11 is 1.52. The smallest absolute Gasteiger partial charge is 0.248 e. The second-order valence-electron chi connectivity index (χ2n) is 7.93. The number of pyridine rings is 1. The molecule has 1 fully saturated rings. The number of hydrogen-bond acceptors (Lipinski definition) is 8. The van der Waals surface area contributed by atoms with Gasteiger partial charge in [0.15, 0.2) is 0 Å². The zero-order chi connectivity index (χ0) is 22.9. The molecule has 1 aliphatic rings. The van der Waals surface area contributed by atoms with Crippen LogP contribution in [-0.4, -0.2) is 41.3 Å². The first-order valence-corrected chi connectivity index (χ1v) is 11.9. The minimum Gasteiger partial charge on any atom is -0.437 e. The summed E-state index contributed by atoms with van der Waals surface area (Å²) in [5.41, 5.74) is 3.41. The minimum absolute atomic E-state index is 0.154. The molecule has 5 aromatic rings. The van der Waals surface area contributed by atoms with Crippen LogP contribution in [0.5, 0.6) is 11.6 Å². The lowest BCUT2D eigenvalue weighted by molar-refractivity contribution is 0.122. The molecule has 1 saturated heterocycles. The molecule has 3 aromatic heterocycles. The molecule has 0 aliphatic carbocycles. The first-order chi connectivity index (χ1) is 16.7. The first-order valence-electron chi connectivity index (χ1n) is 11.0. The number of benzene rings is 2. The summed E-state index contributed by atoms with van der Waals surface area (Å²) in [5, 5.41) is 6.18. The van der Waals surface area contributed by atoms with Gasteiger partial charge >= 0.3 is 0 Å². The molecule has 0 amide bonds. The average molecular weight is 472 g/mol. The molecule has 0 unspecified atom stereocenters. The SMILES string of the molecule is O=c1ccc2ccc(Oc3nc(Nc4ccc(N5CCOCC5)cc4)nc4ccsc34)cc2[nH]1. The number of aromatic amines is 1. The zero-order valence-electron chi connectivity index (χ0n) is 18.2. The van der Waals surface area contributed by atoms with Gasteiger partial charge in [-0.1, -0.05) is 0 Å². The number of anilines is 3. The molecule has 0 saturated carbocycles. The Morgan fingerprint density at radius 2 is 1.82 bits per heavy atom. The number of H-pyrrole nitrogens is 1. The Bertz CT molecular complexity index is 1520. The van der Waals surface area contributed by atoms with E-state index in [4.69, 9.17) is 9.47 Å². The van der Waals surface area contributed by atoms with Gasteiger partial charge in [-0.2, -0.15) is 4.98 Å². The van der Waals surface area contributed by atoms with Gasteiger partial charge in [-0.3, -0.25) is 4.79 Å². The molecule has 0 bridgehead atoms. The number of nitrogens with zero attached hydrogens (tertiary/aromatic N) is 3. The van der Waals surface area contributed by atoms with Crippen LogP contribution in [0.15, 0.2) is 70.8 Å². The standard InChI is InChI=1S/C25H21N5O3S/c31-22-8-2-16-1-7-19(15-21(16)27-22)33-24-23-20(9-14-34-23)28-25(29-24)26-17-3-5-18(6-4-17)30-10-12-32-13-11-30/h1-9,14-15H,10-13H2,(H,27,31)(H,26,28,29). The molecule has 9 heteroatoms. The number of ether oxygens (including phenoxy) is 2. The maximum absolute atomic E-state index is 11.7. The average Bonchev–Trinajstić information content (AvgIpc) is 3.34. The Kier molecular flexibility index (Phi) is 5.32. The van der Waals surface area contributed by atoms with E-state index in [0.29, 0.717) is 23.1 Å². The fourth-order valence-electron chi connectivity index (χ4n) is 3.97. The van der Waals surface area contributed by atoms with Crippen LogP contribution in [0.2, 0.25) is 0 Å². The third-order valence-electron chi connectivity index (χ3n) is 5.68. The monoisotopic (exact) mass is 471 g/mol. The lowest BCUT2D eigenvalue weighted by Gasteiger charge is -2.28. The molecule has 8 nitrogen and oxygen atoms in total. The van der Waals surface area contributed by atoms with E-state index in [1.54, 1.807) is 12.1 Å². The fourth-order valence-corrected chi connectivity index (χ4v) is 4.73. The number of hydrogen-bond donors (Lipinski definition) is 2. The third kappa shape index (κ3) is 4.18. The highest BCUT2D eigenvalue weighted by Crippen LogP contribution is 2.34. The van der Waals surface area contributed by atoms with E-state index in [9.17, 15) is 4.79 Å². The van der Waals surface area contributed by atoms with Gasteiger partial charge in [0, 0.05) is 36.6 Å². The molecule has 0 radical (unpaired) electrons. The second kappa shape index (κ2) is 8.77. The lowest BCUT2D eigenvalue weighted by Crippen LogP contribution is -2.36. The minimum atomic E-state index is -0.154. The highest BCUT2D eigenvalue weighted by molar-refractivity contribution is 7.17. The van der Waals surface area contributed by atoms with Crippen LogP contribution >= 0.6 is 11.3 Å². The number of aromatic nitrogens is 3. The maximum atomic E-state index is 11.7. The molecule has 6 rings (SSSR count). The highest BCUT2D eigenvalue weighted by atomic mass is 32.1. The van der Waals surface area contributed by atoms with E-state index < -0.39 is 0 Å². The first kappa shape index (κ1) is 20.6. The second-order valence-corrected chi connectivity index (χ2v) is 8.85. The Morgan fingerprint density at radius 1 is 1.00 bits per heavy atom. The predicted octanol–water partition coefficient (Wildman–Crippen LogP) is 4.91. The van der Waals surface area contributed by atoms with Gasteiger partial charge in [-0.15, -0.1) is 11.3 Å². The number of nitrogens with one attached hydrogen (secondary N) is 2. The van der Waals surface area contributed by atoms with Crippen molar-refractivity contribution in [2.75, 3.05) is 36.5 Å². The van der Waals surface area contributed by atoms with Crippen molar-refractivity contribution in [2.24, 2.45) is 0 Å². The van der Waals surface area contributed by atoms with E-state index in [2.05, 4.69) is 37.3 Å². The van der Waals surface area contributed by atoms with Gasteiger partial charge in [-0.05, 0) is 59.3 Å². The van der Waals surface area contributed by atoms with Crippen molar-refractivity contribution in [2.45, 2.75) is 0 Å². The fraction of sp³-hybridized carbons (Fsp3) is 0.160. The maximum Gasteiger partial charge on any atom is 0.248 e. The topological polar surface area (TPSA) is 92.4 Å². The lowest BCUT2D eigenvalue weighted by atomic mass is 10.2. The largest absolute Gasteiger partial charge is 0.437 e. The molecule has 34 heavy (non-hydrogen) atoms. The number of fused-ring (bicyclic) bond motifs is 2. The molecule has 2 aromatic carbocycles.